The van der Waals surface area contributed by atoms with Crippen LogP contribution >= 0.6 is 0 Å². The van der Waals surface area contributed by atoms with E-state index in [1.54, 1.807) is 19.1 Å². The topological polar surface area (TPSA) is 60.9 Å². The van der Waals surface area contributed by atoms with Gasteiger partial charge in [0.05, 0.1) is 11.5 Å². The monoisotopic (exact) mass is 298 g/mol. The molecule has 0 saturated heterocycles. The zero-order valence-corrected chi connectivity index (χ0v) is 13.0. The average molecular weight is 298 g/mol. The summed E-state index contributed by atoms with van der Waals surface area (Å²) in [5.74, 6) is 0. The van der Waals surface area contributed by atoms with Gasteiger partial charge in [0.1, 0.15) is 0 Å². The van der Waals surface area contributed by atoms with Gasteiger partial charge in [-0.15, -0.1) is 0 Å². The number of nitrogens with zero attached hydrogens (tertiary/aromatic N) is 2. The van der Waals surface area contributed by atoms with E-state index in [-0.39, 0.29) is 11.5 Å². The summed E-state index contributed by atoms with van der Waals surface area (Å²) in [5, 5.41) is 9.14. The Bertz CT molecular complexity index is 586. The highest BCUT2D eigenvalue weighted by molar-refractivity contribution is 7.89. The highest BCUT2D eigenvalue weighted by Gasteiger charge is 2.26. The molecule has 1 heterocycles. The summed E-state index contributed by atoms with van der Waals surface area (Å²) in [6.07, 6.45) is 2.08. The van der Waals surface area contributed by atoms with Crippen molar-refractivity contribution in [3.63, 3.8) is 0 Å². The van der Waals surface area contributed by atoms with E-state index in [0.29, 0.717) is 0 Å². The van der Waals surface area contributed by atoms with Crippen molar-refractivity contribution in [2.24, 2.45) is 0 Å². The maximum Gasteiger partial charge on any atom is 0.243 e. The van der Waals surface area contributed by atoms with Crippen LogP contribution in [0, 0.1) is 0 Å². The van der Waals surface area contributed by atoms with Crippen LogP contribution in [0.25, 0.3) is 0 Å². The molecule has 1 aliphatic heterocycles. The molecule has 6 heteroatoms. The minimum atomic E-state index is -3.56. The molecule has 0 aromatic heterocycles. The van der Waals surface area contributed by atoms with Gasteiger partial charge in [-0.3, -0.25) is 0 Å². The molecule has 0 bridgehead atoms. The van der Waals surface area contributed by atoms with Crippen molar-refractivity contribution in [2.75, 3.05) is 32.1 Å². The Hall–Kier alpha value is -1.11. The van der Waals surface area contributed by atoms with E-state index in [1.807, 2.05) is 13.1 Å². The van der Waals surface area contributed by atoms with Gasteiger partial charge in [0.2, 0.25) is 10.0 Å². The number of aliphatic hydroxyl groups is 1. The average Bonchev–Trinajstić information content (AvgIpc) is 2.45. The first-order valence-corrected chi connectivity index (χ1v) is 8.25. The summed E-state index contributed by atoms with van der Waals surface area (Å²) in [7, 11) is -0.0806. The van der Waals surface area contributed by atoms with Gasteiger partial charge in [0.25, 0.3) is 0 Å². The second kappa shape index (κ2) is 5.71. The Morgan fingerprint density at radius 1 is 1.45 bits per heavy atom. The summed E-state index contributed by atoms with van der Waals surface area (Å²) in [6.45, 7) is 2.43. The lowest BCUT2D eigenvalue weighted by Gasteiger charge is -2.29. The maximum absolute atomic E-state index is 12.5. The molecule has 0 spiro atoms. The maximum atomic E-state index is 12.5. The number of rotatable bonds is 4. The summed E-state index contributed by atoms with van der Waals surface area (Å²) in [6, 6.07) is 4.86. The molecule has 0 saturated carbocycles. The third kappa shape index (κ3) is 2.68. The lowest BCUT2D eigenvalue weighted by Crippen LogP contribution is -2.37. The quantitative estimate of drug-likeness (QED) is 0.903. The lowest BCUT2D eigenvalue weighted by atomic mass is 10.0. The Balaban J connectivity index is 2.41. The van der Waals surface area contributed by atoms with Crippen molar-refractivity contribution in [3.05, 3.63) is 23.8 Å². The largest absolute Gasteiger partial charge is 0.395 e. The number of aryl methyl sites for hydroxylation is 1. The molecule has 1 N–H and O–H groups in total. The molecule has 5 nitrogen and oxygen atoms in total. The van der Waals surface area contributed by atoms with E-state index in [2.05, 4.69) is 4.90 Å². The molecule has 1 atom stereocenters. The number of hydrogen-bond acceptors (Lipinski definition) is 4. The van der Waals surface area contributed by atoms with E-state index in [4.69, 9.17) is 5.11 Å². The van der Waals surface area contributed by atoms with E-state index in [0.717, 1.165) is 25.1 Å². The van der Waals surface area contributed by atoms with Crippen molar-refractivity contribution >= 4 is 15.7 Å². The highest BCUT2D eigenvalue weighted by Crippen LogP contribution is 2.29. The van der Waals surface area contributed by atoms with Gasteiger partial charge in [-0.1, -0.05) is 6.07 Å². The van der Waals surface area contributed by atoms with Gasteiger partial charge in [-0.2, -0.15) is 4.31 Å². The van der Waals surface area contributed by atoms with Crippen LogP contribution in [-0.2, 0) is 16.4 Å². The number of fused-ring (bicyclic) bond motifs is 1. The standard InChI is InChI=1S/C14H22N2O3S/c1-11(10-17)16(3)20(18,19)13-7-6-12-5-4-8-15(2)14(12)9-13/h6-7,9,11,17H,4-5,8,10H2,1-3H3/t11-/m1/s1. The van der Waals surface area contributed by atoms with Gasteiger partial charge in [0.15, 0.2) is 0 Å². The number of likely N-dealkylation sites (N-methyl/N-ethyl adjacent to an activating group) is 1. The van der Waals surface area contributed by atoms with Crippen LogP contribution in [0.15, 0.2) is 23.1 Å². The summed E-state index contributed by atoms with van der Waals surface area (Å²) < 4.78 is 26.3. The van der Waals surface area contributed by atoms with E-state index < -0.39 is 16.1 Å². The normalized spacial score (nSPS) is 17.1. The Labute approximate surface area is 120 Å². The number of benzene rings is 1. The Morgan fingerprint density at radius 3 is 2.80 bits per heavy atom. The van der Waals surface area contributed by atoms with E-state index in [9.17, 15) is 8.42 Å². The van der Waals surface area contributed by atoms with Gasteiger partial charge < -0.3 is 10.0 Å². The first kappa shape index (κ1) is 15.3. The minimum absolute atomic E-state index is 0.194. The fraction of sp³-hybridized carbons (Fsp3) is 0.571. The molecule has 0 amide bonds. The molecule has 1 aromatic carbocycles. The molecule has 112 valence electrons. The lowest BCUT2D eigenvalue weighted by molar-refractivity contribution is 0.214. The minimum Gasteiger partial charge on any atom is -0.395 e. The van der Waals surface area contributed by atoms with Crippen molar-refractivity contribution in [1.82, 2.24) is 4.31 Å². The molecule has 1 aliphatic rings. The highest BCUT2D eigenvalue weighted by atomic mass is 32.2. The van der Waals surface area contributed by atoms with Crippen molar-refractivity contribution in [2.45, 2.75) is 30.7 Å². The molecule has 0 radical (unpaired) electrons. The molecular formula is C14H22N2O3S. The fourth-order valence-corrected chi connectivity index (χ4v) is 3.79. The summed E-state index contributed by atoms with van der Waals surface area (Å²) in [5.41, 5.74) is 2.18. The van der Waals surface area contributed by atoms with Crippen molar-refractivity contribution in [1.29, 1.82) is 0 Å². The molecule has 0 fully saturated rings. The number of sulfonamides is 1. The smallest absolute Gasteiger partial charge is 0.243 e. The predicted molar refractivity (Wildman–Crippen MR) is 79.5 cm³/mol. The van der Waals surface area contributed by atoms with Crippen LogP contribution in [0.3, 0.4) is 0 Å². The molecule has 20 heavy (non-hydrogen) atoms. The van der Waals surface area contributed by atoms with Crippen molar-refractivity contribution < 1.29 is 13.5 Å². The molecular weight excluding hydrogens is 276 g/mol. The zero-order valence-electron chi connectivity index (χ0n) is 12.2. The van der Waals surface area contributed by atoms with Gasteiger partial charge in [-0.25, -0.2) is 8.42 Å². The summed E-state index contributed by atoms with van der Waals surface area (Å²) >= 11 is 0. The number of hydrogen-bond donors (Lipinski definition) is 1. The van der Waals surface area contributed by atoms with Gasteiger partial charge in [0, 0.05) is 32.4 Å². The van der Waals surface area contributed by atoms with Crippen LogP contribution in [-0.4, -0.2) is 51.1 Å². The van der Waals surface area contributed by atoms with Crippen molar-refractivity contribution in [3.8, 4) is 0 Å². The first-order valence-electron chi connectivity index (χ1n) is 6.81. The molecule has 0 aliphatic carbocycles. The predicted octanol–water partition coefficient (Wildman–Crippen LogP) is 1.07. The van der Waals surface area contributed by atoms with Crippen LogP contribution in [0.2, 0.25) is 0 Å². The van der Waals surface area contributed by atoms with Gasteiger partial charge in [-0.05, 0) is 37.5 Å². The van der Waals surface area contributed by atoms with E-state index in [1.165, 1.54) is 16.9 Å². The fourth-order valence-electron chi connectivity index (χ4n) is 2.42. The number of aliphatic hydroxyl groups excluding tert-OH is 1. The Morgan fingerprint density at radius 2 is 2.15 bits per heavy atom. The van der Waals surface area contributed by atoms with Gasteiger partial charge >= 0.3 is 0 Å². The van der Waals surface area contributed by atoms with E-state index >= 15 is 0 Å². The third-order valence-corrected chi connectivity index (χ3v) is 5.94. The molecule has 0 unspecified atom stereocenters. The second-order valence-electron chi connectivity index (χ2n) is 5.37. The second-order valence-corrected chi connectivity index (χ2v) is 7.37. The van der Waals surface area contributed by atoms with Crippen LogP contribution in [0.5, 0.6) is 0 Å². The van der Waals surface area contributed by atoms with Crippen LogP contribution < -0.4 is 4.90 Å². The van der Waals surface area contributed by atoms with Crippen LogP contribution in [0.4, 0.5) is 5.69 Å². The third-order valence-electron chi connectivity index (χ3n) is 3.97. The Kier molecular flexibility index (Phi) is 4.36. The number of anilines is 1. The molecule has 1 aromatic rings. The SMILES string of the molecule is C[C@H](CO)N(C)S(=O)(=O)c1ccc2c(c1)N(C)CCC2. The molecule has 2 rings (SSSR count). The first-order chi connectivity index (χ1) is 9.37. The van der Waals surface area contributed by atoms with Crippen LogP contribution in [0.1, 0.15) is 18.9 Å². The zero-order chi connectivity index (χ0) is 14.9. The summed E-state index contributed by atoms with van der Waals surface area (Å²) in [4.78, 5) is 2.38.